The number of amides is 1. The Morgan fingerprint density at radius 2 is 2.00 bits per heavy atom. The summed E-state index contributed by atoms with van der Waals surface area (Å²) < 4.78 is 14.5. The highest BCUT2D eigenvalue weighted by Gasteiger charge is 2.17. The number of hydrogen-bond acceptors (Lipinski definition) is 2. The summed E-state index contributed by atoms with van der Waals surface area (Å²) in [6.45, 7) is 1.44. The highest BCUT2D eigenvalue weighted by molar-refractivity contribution is 6.30. The summed E-state index contributed by atoms with van der Waals surface area (Å²) in [5.41, 5.74) is 2.97. The monoisotopic (exact) mass is 332 g/mol. The van der Waals surface area contributed by atoms with Crippen molar-refractivity contribution in [1.29, 1.82) is 0 Å². The van der Waals surface area contributed by atoms with Gasteiger partial charge in [0.1, 0.15) is 5.82 Å². The number of benzene rings is 2. The topological polar surface area (TPSA) is 41.1 Å². The Morgan fingerprint density at radius 1 is 1.22 bits per heavy atom. The standard InChI is InChI=1S/C18H18ClFN2O/c19-14-5-1-12(2-6-14)3-8-17(23)22-16-7-4-13-11-21-10-9-15(13)18(16)20/h1-2,4-7,21H,3,8-11H2,(H,22,23). The quantitative estimate of drug-likeness (QED) is 0.896. The molecule has 23 heavy (non-hydrogen) atoms. The fraction of sp³-hybridized carbons (Fsp3) is 0.278. The van der Waals surface area contributed by atoms with Gasteiger partial charge in [0, 0.05) is 18.0 Å². The van der Waals surface area contributed by atoms with E-state index in [4.69, 9.17) is 11.6 Å². The van der Waals surface area contributed by atoms with E-state index >= 15 is 0 Å². The maximum absolute atomic E-state index is 14.5. The first-order chi connectivity index (χ1) is 11.1. The zero-order valence-electron chi connectivity index (χ0n) is 12.7. The van der Waals surface area contributed by atoms with Crippen molar-refractivity contribution in [2.45, 2.75) is 25.8 Å². The van der Waals surface area contributed by atoms with Crippen LogP contribution in [0, 0.1) is 5.82 Å². The minimum absolute atomic E-state index is 0.187. The highest BCUT2D eigenvalue weighted by atomic mass is 35.5. The first-order valence-corrected chi connectivity index (χ1v) is 8.06. The molecule has 2 aromatic rings. The van der Waals surface area contributed by atoms with Gasteiger partial charge in [-0.1, -0.05) is 29.8 Å². The third-order valence-electron chi connectivity index (χ3n) is 4.04. The van der Waals surface area contributed by atoms with Gasteiger partial charge >= 0.3 is 0 Å². The normalized spacial score (nSPS) is 13.5. The van der Waals surface area contributed by atoms with Gasteiger partial charge in [-0.05, 0) is 54.3 Å². The van der Waals surface area contributed by atoms with Crippen molar-refractivity contribution in [2.75, 3.05) is 11.9 Å². The molecule has 0 unspecified atom stereocenters. The van der Waals surface area contributed by atoms with E-state index in [1.54, 1.807) is 18.2 Å². The van der Waals surface area contributed by atoms with Crippen molar-refractivity contribution in [3.8, 4) is 0 Å². The number of carbonyl (C=O) groups is 1. The van der Waals surface area contributed by atoms with Crippen molar-refractivity contribution < 1.29 is 9.18 Å². The van der Waals surface area contributed by atoms with E-state index in [0.29, 0.717) is 36.4 Å². The number of nitrogens with one attached hydrogen (secondary N) is 2. The average molecular weight is 333 g/mol. The van der Waals surface area contributed by atoms with E-state index in [1.807, 2.05) is 18.2 Å². The van der Waals surface area contributed by atoms with Crippen LogP contribution in [-0.4, -0.2) is 12.5 Å². The Hall–Kier alpha value is -1.91. The van der Waals surface area contributed by atoms with Crippen molar-refractivity contribution >= 4 is 23.2 Å². The van der Waals surface area contributed by atoms with E-state index in [-0.39, 0.29) is 17.4 Å². The molecule has 0 saturated heterocycles. The lowest BCUT2D eigenvalue weighted by Crippen LogP contribution is -2.25. The largest absolute Gasteiger partial charge is 0.324 e. The van der Waals surface area contributed by atoms with Gasteiger partial charge in [0.2, 0.25) is 5.91 Å². The van der Waals surface area contributed by atoms with Crippen LogP contribution in [0.4, 0.5) is 10.1 Å². The maximum Gasteiger partial charge on any atom is 0.224 e. The molecule has 2 N–H and O–H groups in total. The molecule has 0 spiro atoms. The molecule has 3 rings (SSSR count). The number of hydrogen-bond donors (Lipinski definition) is 2. The lowest BCUT2D eigenvalue weighted by molar-refractivity contribution is -0.116. The number of aryl methyl sites for hydroxylation is 1. The fourth-order valence-corrected chi connectivity index (χ4v) is 2.88. The fourth-order valence-electron chi connectivity index (χ4n) is 2.75. The molecule has 0 atom stereocenters. The summed E-state index contributed by atoms with van der Waals surface area (Å²) in [5, 5.41) is 6.56. The van der Waals surface area contributed by atoms with Crippen LogP contribution in [0.3, 0.4) is 0 Å². The van der Waals surface area contributed by atoms with Gasteiger partial charge in [-0.25, -0.2) is 4.39 Å². The predicted molar refractivity (Wildman–Crippen MR) is 90.2 cm³/mol. The summed E-state index contributed by atoms with van der Waals surface area (Å²) >= 11 is 5.83. The molecule has 0 aliphatic carbocycles. The molecule has 120 valence electrons. The number of rotatable bonds is 4. The molecule has 1 amide bonds. The summed E-state index contributed by atoms with van der Waals surface area (Å²) in [4.78, 5) is 12.1. The summed E-state index contributed by atoms with van der Waals surface area (Å²) in [7, 11) is 0. The molecule has 1 aliphatic rings. The van der Waals surface area contributed by atoms with Gasteiger partial charge < -0.3 is 10.6 Å². The summed E-state index contributed by atoms with van der Waals surface area (Å²) in [6, 6.07) is 10.9. The van der Waals surface area contributed by atoms with Gasteiger partial charge in [-0.3, -0.25) is 4.79 Å². The maximum atomic E-state index is 14.5. The van der Waals surface area contributed by atoms with E-state index < -0.39 is 0 Å². The average Bonchev–Trinajstić information content (AvgIpc) is 2.57. The number of fused-ring (bicyclic) bond motifs is 1. The summed E-state index contributed by atoms with van der Waals surface area (Å²) in [5.74, 6) is -0.489. The second kappa shape index (κ2) is 7.11. The lowest BCUT2D eigenvalue weighted by atomic mass is 9.99. The molecule has 1 aliphatic heterocycles. The number of halogens is 2. The van der Waals surface area contributed by atoms with Gasteiger partial charge in [-0.15, -0.1) is 0 Å². The lowest BCUT2D eigenvalue weighted by Gasteiger charge is -2.19. The first-order valence-electron chi connectivity index (χ1n) is 7.69. The second-order valence-electron chi connectivity index (χ2n) is 5.67. The third-order valence-corrected chi connectivity index (χ3v) is 4.29. The molecule has 0 radical (unpaired) electrons. The Kier molecular flexibility index (Phi) is 4.94. The van der Waals surface area contributed by atoms with Crippen molar-refractivity contribution in [3.05, 3.63) is 63.9 Å². The molecule has 2 aromatic carbocycles. The molecular weight excluding hydrogens is 315 g/mol. The minimum Gasteiger partial charge on any atom is -0.324 e. The van der Waals surface area contributed by atoms with Gasteiger partial charge in [0.25, 0.3) is 0 Å². The Bertz CT molecular complexity index is 716. The van der Waals surface area contributed by atoms with E-state index in [0.717, 1.165) is 17.7 Å². The molecular formula is C18H18ClFN2O. The number of carbonyl (C=O) groups excluding carboxylic acids is 1. The van der Waals surface area contributed by atoms with Crippen LogP contribution in [0.2, 0.25) is 5.02 Å². The van der Waals surface area contributed by atoms with E-state index in [1.165, 1.54) is 0 Å². The van der Waals surface area contributed by atoms with Crippen molar-refractivity contribution in [1.82, 2.24) is 5.32 Å². The van der Waals surface area contributed by atoms with Crippen LogP contribution in [0.25, 0.3) is 0 Å². The molecule has 0 fully saturated rings. The molecule has 3 nitrogen and oxygen atoms in total. The predicted octanol–water partition coefficient (Wildman–Crippen LogP) is 3.70. The Balaban J connectivity index is 1.62. The van der Waals surface area contributed by atoms with Crippen LogP contribution in [0.1, 0.15) is 23.1 Å². The molecule has 0 aromatic heterocycles. The van der Waals surface area contributed by atoms with Gasteiger partial charge in [0.15, 0.2) is 0 Å². The molecule has 5 heteroatoms. The van der Waals surface area contributed by atoms with Crippen LogP contribution >= 0.6 is 11.6 Å². The summed E-state index contributed by atoms with van der Waals surface area (Å²) in [6.07, 6.45) is 1.55. The second-order valence-corrected chi connectivity index (χ2v) is 6.10. The first kappa shape index (κ1) is 16.0. The zero-order valence-corrected chi connectivity index (χ0v) is 13.4. The van der Waals surface area contributed by atoms with Crippen LogP contribution in [0.5, 0.6) is 0 Å². The van der Waals surface area contributed by atoms with Gasteiger partial charge in [-0.2, -0.15) is 0 Å². The zero-order chi connectivity index (χ0) is 16.2. The smallest absolute Gasteiger partial charge is 0.224 e. The highest BCUT2D eigenvalue weighted by Crippen LogP contribution is 2.24. The Morgan fingerprint density at radius 3 is 2.78 bits per heavy atom. The SMILES string of the molecule is O=C(CCc1ccc(Cl)cc1)Nc1ccc2c(c1F)CCNC2. The van der Waals surface area contributed by atoms with Crippen LogP contribution in [0.15, 0.2) is 36.4 Å². The Labute approximate surface area is 139 Å². The van der Waals surface area contributed by atoms with E-state index in [2.05, 4.69) is 10.6 Å². The molecule has 0 bridgehead atoms. The van der Waals surface area contributed by atoms with E-state index in [9.17, 15) is 9.18 Å². The third kappa shape index (κ3) is 3.89. The minimum atomic E-state index is -0.302. The van der Waals surface area contributed by atoms with Crippen molar-refractivity contribution in [3.63, 3.8) is 0 Å². The number of anilines is 1. The van der Waals surface area contributed by atoms with Crippen molar-refractivity contribution in [2.24, 2.45) is 0 Å². The van der Waals surface area contributed by atoms with Crippen LogP contribution < -0.4 is 10.6 Å². The van der Waals surface area contributed by atoms with Gasteiger partial charge in [0.05, 0.1) is 5.69 Å². The molecule has 1 heterocycles. The van der Waals surface area contributed by atoms with Crippen LogP contribution in [-0.2, 0) is 24.2 Å². The molecule has 0 saturated carbocycles.